The van der Waals surface area contributed by atoms with E-state index in [0.29, 0.717) is 61.2 Å². The average Bonchev–Trinajstić information content (AvgIpc) is 3.57. The van der Waals surface area contributed by atoms with Gasteiger partial charge in [-0.05, 0) is 128 Å². The Balaban J connectivity index is 1.46. The molecule has 0 unspecified atom stereocenters. The fraction of sp³-hybridized carbons (Fsp3) is 0.0500. The number of aryl methyl sites for hydroxylation is 1. The van der Waals surface area contributed by atoms with E-state index in [2.05, 4.69) is 9.69 Å². The Hall–Kier alpha value is -6.81. The van der Waals surface area contributed by atoms with Gasteiger partial charge in [0.25, 0.3) is 11.4 Å². The molecule has 0 atom stereocenters. The van der Waals surface area contributed by atoms with Crippen LogP contribution in [-0.2, 0) is 6.18 Å². The zero-order valence-electron chi connectivity index (χ0n) is 25.3. The third-order valence-electron chi connectivity index (χ3n) is 8.86. The van der Waals surface area contributed by atoms with Gasteiger partial charge in [0.1, 0.15) is 11.6 Å². The minimum Gasteiger partial charge on any atom is -0.226 e. The molecular weight excluding hydrogens is 631 g/mol. The molecule has 0 aromatic heterocycles. The molecule has 0 saturated carbocycles. The van der Waals surface area contributed by atoms with Gasteiger partial charge in [-0.2, -0.15) is 13.2 Å². The molecule has 0 spiro atoms. The summed E-state index contributed by atoms with van der Waals surface area (Å²) in [4.78, 5) is 6.98. The lowest BCUT2D eigenvalue weighted by Crippen LogP contribution is -2.08. The molecule has 7 rings (SSSR count). The number of halogens is 5. The molecule has 9 heteroatoms. The predicted molar refractivity (Wildman–Crippen MR) is 174 cm³/mol. The molecule has 0 saturated heterocycles. The third-order valence-corrected chi connectivity index (χ3v) is 8.86. The fourth-order valence-corrected chi connectivity index (χ4v) is 6.61. The molecule has 0 amide bonds. The lowest BCUT2D eigenvalue weighted by molar-refractivity contribution is -0.139. The molecule has 232 valence electrons. The summed E-state index contributed by atoms with van der Waals surface area (Å²) in [5.74, 6) is -1.75. The van der Waals surface area contributed by atoms with Gasteiger partial charge in [-0.3, -0.25) is 0 Å². The molecule has 4 nitrogen and oxygen atoms in total. The van der Waals surface area contributed by atoms with E-state index in [1.807, 2.05) is 30.3 Å². The van der Waals surface area contributed by atoms with Crippen LogP contribution in [0.2, 0.25) is 0 Å². The minimum absolute atomic E-state index is 0.0951. The zero-order chi connectivity index (χ0) is 34.8. The number of allylic oxidation sites excluding steroid dienone is 2. The van der Waals surface area contributed by atoms with Crippen molar-refractivity contribution in [3.63, 3.8) is 0 Å². The second kappa shape index (κ2) is 11.2. The highest BCUT2D eigenvalue weighted by molar-refractivity contribution is 6.11. The maximum absolute atomic E-state index is 14.1. The van der Waals surface area contributed by atoms with E-state index in [-0.39, 0.29) is 28.3 Å². The molecular formula is C40H17F5N4. The van der Waals surface area contributed by atoms with Crippen LogP contribution in [-0.4, -0.2) is 0 Å². The largest absolute Gasteiger partial charge is 0.419 e. The van der Waals surface area contributed by atoms with Crippen LogP contribution in [0.1, 0.15) is 33.4 Å². The Morgan fingerprint density at radius 2 is 0.959 bits per heavy atom. The van der Waals surface area contributed by atoms with Crippen molar-refractivity contribution in [2.75, 3.05) is 0 Å². The number of hydrogen-bond donors (Lipinski definition) is 0. The first kappa shape index (κ1) is 30.8. The lowest BCUT2D eigenvalue weighted by Gasteiger charge is -2.12. The Morgan fingerprint density at radius 1 is 0.551 bits per heavy atom. The Morgan fingerprint density at radius 3 is 1.39 bits per heavy atom. The van der Waals surface area contributed by atoms with Crippen LogP contribution in [0.3, 0.4) is 0 Å². The predicted octanol–water partition coefficient (Wildman–Crippen LogP) is 11.0. The maximum atomic E-state index is 14.1. The van der Waals surface area contributed by atoms with Crippen LogP contribution >= 0.6 is 0 Å². The second-order valence-corrected chi connectivity index (χ2v) is 11.5. The van der Waals surface area contributed by atoms with Crippen molar-refractivity contribution >= 4 is 11.1 Å². The van der Waals surface area contributed by atoms with E-state index >= 15 is 0 Å². The zero-order valence-corrected chi connectivity index (χ0v) is 25.3. The number of alkyl halides is 3. The van der Waals surface area contributed by atoms with Crippen molar-refractivity contribution in [1.29, 1.82) is 10.5 Å². The second-order valence-electron chi connectivity index (χ2n) is 11.5. The fourth-order valence-electron chi connectivity index (χ4n) is 6.61. The first-order valence-corrected chi connectivity index (χ1v) is 14.6. The van der Waals surface area contributed by atoms with Crippen LogP contribution < -0.4 is 0 Å². The Labute approximate surface area is 277 Å². The van der Waals surface area contributed by atoms with Gasteiger partial charge in [0.15, 0.2) is 0 Å². The maximum Gasteiger partial charge on any atom is 0.419 e. The van der Waals surface area contributed by atoms with E-state index in [4.69, 9.17) is 13.1 Å². The summed E-state index contributed by atoms with van der Waals surface area (Å²) in [5.41, 5.74) is 5.97. The van der Waals surface area contributed by atoms with Gasteiger partial charge in [-0.15, -0.1) is 0 Å². The van der Waals surface area contributed by atoms with Crippen molar-refractivity contribution in [2.45, 2.75) is 13.1 Å². The number of nitrogens with zero attached hydrogens (tertiary/aromatic N) is 4. The van der Waals surface area contributed by atoms with Crippen molar-refractivity contribution in [2.24, 2.45) is 0 Å². The van der Waals surface area contributed by atoms with Gasteiger partial charge in [0.05, 0.1) is 30.8 Å². The molecule has 49 heavy (non-hydrogen) atoms. The summed E-state index contributed by atoms with van der Waals surface area (Å²) in [5, 5.41) is 20.0. The Kier molecular flexibility index (Phi) is 7.02. The summed E-state index contributed by atoms with van der Waals surface area (Å²) in [6.07, 6.45) is -4.91. The highest BCUT2D eigenvalue weighted by Gasteiger charge is 2.36. The molecule has 0 N–H and O–H groups in total. The minimum atomic E-state index is -4.91. The van der Waals surface area contributed by atoms with Crippen LogP contribution in [0, 0.1) is 54.4 Å². The molecule has 2 aliphatic carbocycles. The van der Waals surface area contributed by atoms with Gasteiger partial charge in [-0.25, -0.2) is 29.0 Å². The van der Waals surface area contributed by atoms with Gasteiger partial charge in [-0.1, -0.05) is 36.4 Å². The van der Waals surface area contributed by atoms with E-state index in [1.54, 1.807) is 49.4 Å². The number of fused-ring (bicyclic) bond motifs is 6. The topological polar surface area (TPSA) is 56.3 Å². The van der Waals surface area contributed by atoms with Crippen molar-refractivity contribution in [3.8, 4) is 56.6 Å². The first-order chi connectivity index (χ1) is 23.5. The molecule has 0 radical (unpaired) electrons. The highest BCUT2D eigenvalue weighted by atomic mass is 19.4. The van der Waals surface area contributed by atoms with Crippen LogP contribution in [0.25, 0.3) is 65.3 Å². The van der Waals surface area contributed by atoms with Gasteiger partial charge in [0, 0.05) is 11.1 Å². The van der Waals surface area contributed by atoms with Crippen molar-refractivity contribution in [3.05, 3.63) is 164 Å². The number of rotatable bonds is 2. The average molecular weight is 649 g/mol. The lowest BCUT2D eigenvalue weighted by atomic mass is 9.95. The van der Waals surface area contributed by atoms with E-state index < -0.39 is 17.6 Å². The smallest absolute Gasteiger partial charge is 0.226 e. The van der Waals surface area contributed by atoms with Gasteiger partial charge < -0.3 is 0 Å². The van der Waals surface area contributed by atoms with Crippen LogP contribution in [0.5, 0.6) is 0 Å². The molecule has 0 fully saturated rings. The molecule has 0 aliphatic heterocycles. The quantitative estimate of drug-likeness (QED) is 0.106. The molecule has 0 bridgehead atoms. The van der Waals surface area contributed by atoms with Crippen LogP contribution in [0.4, 0.5) is 22.0 Å². The monoisotopic (exact) mass is 648 g/mol. The standard InChI is InChI=1S/C40H17F5N4/c1-20-12-21(6-10-34(20)41)22-4-8-25-27-16-32-28(17-31(27)38(29(25)13-22)36(18-46)48-2)26-9-5-23(14-30(26)39(32)37(19-47)49-3)24-7-11-35(42)33(15-24)40(43,44)45/h4-17H,1H3/b38-36+,39-37-. The molecule has 5 aromatic carbocycles. The Bertz CT molecular complexity index is 2530. The molecule has 2 aliphatic rings. The van der Waals surface area contributed by atoms with E-state index in [1.165, 1.54) is 12.1 Å². The first-order valence-electron chi connectivity index (χ1n) is 14.6. The SMILES string of the molecule is [C-]#[N+]/C(C#N)=C1/c2cc(-c3ccc(F)c(C(F)(F)F)c3)ccc2-c2cc3c(cc21)-c1ccc(-c2ccc(F)c(C)c2)cc1/C3=C(/C#N)[N+]#[C-]. The summed E-state index contributed by atoms with van der Waals surface area (Å²) in [6, 6.07) is 25.4. The normalized spacial score (nSPS) is 14.3. The van der Waals surface area contributed by atoms with Crippen molar-refractivity contribution < 1.29 is 22.0 Å². The highest BCUT2D eigenvalue weighted by Crippen LogP contribution is 2.54. The summed E-state index contributed by atoms with van der Waals surface area (Å²) in [7, 11) is 0. The molecule has 5 aromatic rings. The van der Waals surface area contributed by atoms with E-state index in [9.17, 15) is 32.5 Å². The molecule has 0 heterocycles. The summed E-state index contributed by atoms with van der Waals surface area (Å²) >= 11 is 0. The van der Waals surface area contributed by atoms with Crippen LogP contribution in [0.15, 0.2) is 96.3 Å². The number of nitriles is 2. The summed E-state index contributed by atoms with van der Waals surface area (Å²) in [6.45, 7) is 17.2. The van der Waals surface area contributed by atoms with Gasteiger partial charge >= 0.3 is 6.18 Å². The van der Waals surface area contributed by atoms with E-state index in [0.717, 1.165) is 23.3 Å². The number of benzene rings is 5. The summed E-state index contributed by atoms with van der Waals surface area (Å²) < 4.78 is 68.7. The van der Waals surface area contributed by atoms with Gasteiger partial charge in [0.2, 0.25) is 0 Å². The third kappa shape index (κ3) is 4.77. The number of hydrogen-bond acceptors (Lipinski definition) is 2. The van der Waals surface area contributed by atoms with Crippen molar-refractivity contribution in [1.82, 2.24) is 0 Å².